The van der Waals surface area contributed by atoms with Crippen LogP contribution in [0.25, 0.3) is 111 Å². The van der Waals surface area contributed by atoms with E-state index in [9.17, 15) is 10.5 Å². The molecule has 0 bridgehead atoms. The Bertz CT molecular complexity index is 3360. The van der Waals surface area contributed by atoms with Gasteiger partial charge in [0.15, 0.2) is 0 Å². The topological polar surface area (TPSA) is 73.9 Å². The van der Waals surface area contributed by atoms with Crippen LogP contribution in [0.2, 0.25) is 0 Å². The number of furan rings is 2. The van der Waals surface area contributed by atoms with Gasteiger partial charge in [-0.3, -0.25) is 0 Å². The van der Waals surface area contributed by atoms with Crippen molar-refractivity contribution < 1.29 is 8.83 Å². The van der Waals surface area contributed by atoms with Crippen LogP contribution in [0.1, 0.15) is 11.1 Å². The quantitative estimate of drug-likeness (QED) is 0.169. The van der Waals surface area contributed by atoms with Crippen LogP contribution in [0.15, 0.2) is 203 Å². The van der Waals surface area contributed by atoms with Crippen LogP contribution in [-0.4, -0.2) is 0 Å². The average Bonchev–Trinajstić information content (AvgIpc) is 3.90. The molecule has 0 saturated heterocycles. The zero-order chi connectivity index (χ0) is 40.2. The first kappa shape index (κ1) is 34.8. The maximum atomic E-state index is 10.1. The maximum Gasteiger partial charge on any atom is 0.143 e. The summed E-state index contributed by atoms with van der Waals surface area (Å²) in [4.78, 5) is 0. The molecule has 0 aliphatic rings. The standard InChI is InChI=1S/C56H32N2O2/c57-33-35-24-43(31-45(26-35)47-18-8-20-51-49-16-1-3-22-53(49)59-55(47)51)41-14-6-12-39(29-41)37-10-5-11-38(28-37)40-13-7-15-42(30-40)44-25-36(34-58)27-46(32-44)48-19-9-21-52-50-17-2-4-23-54(50)60-56(48)52/h1-32H. The van der Waals surface area contributed by atoms with E-state index in [4.69, 9.17) is 8.83 Å². The van der Waals surface area contributed by atoms with E-state index in [1.807, 2.05) is 72.8 Å². The minimum Gasteiger partial charge on any atom is -0.455 e. The molecule has 4 heteroatoms. The lowest BCUT2D eigenvalue weighted by Gasteiger charge is -2.12. The summed E-state index contributed by atoms with van der Waals surface area (Å²) in [7, 11) is 0. The van der Waals surface area contributed by atoms with Crippen LogP contribution >= 0.6 is 0 Å². The van der Waals surface area contributed by atoms with Gasteiger partial charge in [-0.1, -0.05) is 127 Å². The van der Waals surface area contributed by atoms with Crippen LogP contribution in [0, 0.1) is 22.7 Å². The zero-order valence-corrected chi connectivity index (χ0v) is 32.2. The number of hydrogen-bond donors (Lipinski definition) is 0. The Labute approximate surface area is 346 Å². The van der Waals surface area contributed by atoms with E-state index < -0.39 is 0 Å². The monoisotopic (exact) mass is 764 g/mol. The number of nitrogens with zero attached hydrogens (tertiary/aromatic N) is 2. The predicted molar refractivity (Wildman–Crippen MR) is 243 cm³/mol. The average molecular weight is 765 g/mol. The van der Waals surface area contributed by atoms with E-state index in [2.05, 4.69) is 133 Å². The van der Waals surface area contributed by atoms with Gasteiger partial charge in [-0.2, -0.15) is 10.5 Å². The Morgan fingerprint density at radius 3 is 1.00 bits per heavy atom. The molecule has 0 aliphatic heterocycles. The first-order chi connectivity index (χ1) is 29.6. The number of para-hydroxylation sites is 4. The largest absolute Gasteiger partial charge is 0.455 e. The summed E-state index contributed by atoms with van der Waals surface area (Å²) in [6.45, 7) is 0. The van der Waals surface area contributed by atoms with Gasteiger partial charge in [0.05, 0.1) is 23.3 Å². The molecule has 0 fully saturated rings. The fourth-order valence-electron chi connectivity index (χ4n) is 8.61. The lowest BCUT2D eigenvalue weighted by Crippen LogP contribution is -1.88. The van der Waals surface area contributed by atoms with Gasteiger partial charge in [0.1, 0.15) is 22.3 Å². The van der Waals surface area contributed by atoms with Gasteiger partial charge in [0.2, 0.25) is 0 Å². The highest BCUT2D eigenvalue weighted by Crippen LogP contribution is 2.40. The van der Waals surface area contributed by atoms with Crippen molar-refractivity contribution in [3.63, 3.8) is 0 Å². The second kappa shape index (κ2) is 14.2. The van der Waals surface area contributed by atoms with Crippen LogP contribution < -0.4 is 0 Å². The second-order valence-corrected chi connectivity index (χ2v) is 15.1. The van der Waals surface area contributed by atoms with Crippen LogP contribution in [0.3, 0.4) is 0 Å². The predicted octanol–water partition coefficient (Wildman–Crippen LogP) is 15.2. The third-order valence-corrected chi connectivity index (χ3v) is 11.5. The molecule has 11 aromatic rings. The molecule has 0 saturated carbocycles. The van der Waals surface area contributed by atoms with E-state index in [1.165, 1.54) is 0 Å². The summed E-state index contributed by atoms with van der Waals surface area (Å²) in [6.07, 6.45) is 0. The van der Waals surface area contributed by atoms with Crippen molar-refractivity contribution in [2.45, 2.75) is 0 Å². The molecule has 0 amide bonds. The van der Waals surface area contributed by atoms with Crippen molar-refractivity contribution >= 4 is 43.9 Å². The van der Waals surface area contributed by atoms with Crippen molar-refractivity contribution in [1.82, 2.24) is 0 Å². The van der Waals surface area contributed by atoms with Crippen LogP contribution in [0.5, 0.6) is 0 Å². The zero-order valence-electron chi connectivity index (χ0n) is 32.2. The van der Waals surface area contributed by atoms with Crippen LogP contribution in [-0.2, 0) is 0 Å². The molecule has 60 heavy (non-hydrogen) atoms. The molecule has 2 aromatic heterocycles. The van der Waals surface area contributed by atoms with E-state index in [0.29, 0.717) is 11.1 Å². The van der Waals surface area contributed by atoms with E-state index in [-0.39, 0.29) is 0 Å². The fraction of sp³-hybridized carbons (Fsp3) is 0. The Morgan fingerprint density at radius 1 is 0.283 bits per heavy atom. The van der Waals surface area contributed by atoms with Crippen molar-refractivity contribution in [3.8, 4) is 78.9 Å². The minimum absolute atomic E-state index is 0.585. The molecule has 4 nitrogen and oxygen atoms in total. The minimum atomic E-state index is 0.585. The SMILES string of the molecule is N#Cc1cc(-c2cccc(-c3cccc(-c4cccc(-c5cc(C#N)cc(-c6cccc7c6oc6ccccc67)c5)c4)c3)c2)cc(-c2cccc3c2oc2ccccc23)c1. The van der Waals surface area contributed by atoms with Crippen LogP contribution in [0.4, 0.5) is 0 Å². The molecule has 0 atom stereocenters. The molecule has 278 valence electrons. The molecule has 9 aromatic carbocycles. The molecule has 11 rings (SSSR count). The number of benzene rings is 9. The van der Waals surface area contributed by atoms with Crippen molar-refractivity contribution in [2.75, 3.05) is 0 Å². The molecule has 0 unspecified atom stereocenters. The first-order valence-corrected chi connectivity index (χ1v) is 19.8. The highest BCUT2D eigenvalue weighted by atomic mass is 16.3. The molecule has 0 radical (unpaired) electrons. The van der Waals surface area contributed by atoms with Gasteiger partial charge in [-0.25, -0.2) is 0 Å². The third-order valence-electron chi connectivity index (χ3n) is 11.5. The molecular weight excluding hydrogens is 733 g/mol. The Hall–Kier alpha value is -8.44. The summed E-state index contributed by atoms with van der Waals surface area (Å²) >= 11 is 0. The van der Waals surface area contributed by atoms with Gasteiger partial charge in [0, 0.05) is 32.7 Å². The van der Waals surface area contributed by atoms with Crippen molar-refractivity contribution in [3.05, 3.63) is 205 Å². The Balaban J connectivity index is 0.941. The van der Waals surface area contributed by atoms with E-state index in [1.54, 1.807) is 0 Å². The first-order valence-electron chi connectivity index (χ1n) is 19.8. The second-order valence-electron chi connectivity index (χ2n) is 15.1. The normalized spacial score (nSPS) is 11.3. The third kappa shape index (κ3) is 6.00. The molecule has 2 heterocycles. The smallest absolute Gasteiger partial charge is 0.143 e. The van der Waals surface area contributed by atoms with Crippen molar-refractivity contribution in [2.24, 2.45) is 0 Å². The number of hydrogen-bond acceptors (Lipinski definition) is 4. The summed E-state index contributed by atoms with van der Waals surface area (Å²) in [6, 6.07) is 70.9. The summed E-state index contributed by atoms with van der Waals surface area (Å²) in [5.41, 5.74) is 16.5. The maximum absolute atomic E-state index is 10.1. The summed E-state index contributed by atoms with van der Waals surface area (Å²) in [5, 5.41) is 24.5. The van der Waals surface area contributed by atoms with E-state index in [0.717, 1.165) is 111 Å². The number of rotatable bonds is 6. The van der Waals surface area contributed by atoms with Gasteiger partial charge >= 0.3 is 0 Å². The number of fused-ring (bicyclic) bond motifs is 6. The molecule has 0 spiro atoms. The highest BCUT2D eigenvalue weighted by molar-refractivity contribution is 6.11. The Kier molecular flexibility index (Phi) is 8.22. The lowest BCUT2D eigenvalue weighted by atomic mass is 9.92. The summed E-state index contributed by atoms with van der Waals surface area (Å²) < 4.78 is 12.7. The van der Waals surface area contributed by atoms with Gasteiger partial charge in [-0.05, 0) is 122 Å². The summed E-state index contributed by atoms with van der Waals surface area (Å²) in [5.74, 6) is 0. The van der Waals surface area contributed by atoms with Crippen molar-refractivity contribution in [1.29, 1.82) is 10.5 Å². The molecule has 0 N–H and O–H groups in total. The molecular formula is C56H32N2O2. The van der Waals surface area contributed by atoms with Gasteiger partial charge in [-0.15, -0.1) is 0 Å². The number of nitriles is 2. The lowest BCUT2D eigenvalue weighted by molar-refractivity contribution is 0.669. The highest BCUT2D eigenvalue weighted by Gasteiger charge is 2.16. The van der Waals surface area contributed by atoms with Gasteiger partial charge in [0.25, 0.3) is 0 Å². The van der Waals surface area contributed by atoms with Gasteiger partial charge < -0.3 is 8.83 Å². The fourth-order valence-corrected chi connectivity index (χ4v) is 8.61. The van der Waals surface area contributed by atoms with E-state index >= 15 is 0 Å². The Morgan fingerprint density at radius 2 is 0.600 bits per heavy atom. The molecule has 0 aliphatic carbocycles.